The summed E-state index contributed by atoms with van der Waals surface area (Å²) in [6, 6.07) is 18.2. The average Bonchev–Trinajstić information content (AvgIpc) is 3.72. The molecule has 4 N–H and O–H groups in total. The number of amides is 3. The van der Waals surface area contributed by atoms with Crippen molar-refractivity contribution in [3.63, 3.8) is 0 Å². The summed E-state index contributed by atoms with van der Waals surface area (Å²) in [5.74, 6) is 2.01. The minimum atomic E-state index is -0.919. The van der Waals surface area contributed by atoms with Crippen molar-refractivity contribution in [2.45, 2.75) is 51.2 Å². The van der Waals surface area contributed by atoms with Crippen molar-refractivity contribution in [1.82, 2.24) is 15.0 Å². The van der Waals surface area contributed by atoms with Crippen LogP contribution < -0.4 is 20.5 Å². The lowest BCUT2D eigenvalue weighted by atomic mass is 9.96. The lowest BCUT2D eigenvalue weighted by Crippen LogP contribution is -2.62. The fraction of sp³-hybridized carbons (Fsp3) is 0.353. The number of nitrogens with zero attached hydrogens (tertiary/aromatic N) is 4. The molecule has 3 amide bonds. The Kier molecular flexibility index (Phi) is 8.80. The third kappa shape index (κ3) is 6.91. The fourth-order valence-corrected chi connectivity index (χ4v) is 6.41. The minimum Gasteiger partial charge on any atom is -0.508 e. The Hall–Kier alpha value is -5.10. The number of likely N-dealkylation sites (tertiary alicyclic amines) is 1. The number of phenolic OH excluding ortho intramolecular Hbond substituents is 1. The number of ether oxygens (including phenoxy) is 2. The van der Waals surface area contributed by atoms with Crippen LogP contribution in [0.15, 0.2) is 71.3 Å². The normalized spacial score (nSPS) is 19.4. The summed E-state index contributed by atoms with van der Waals surface area (Å²) in [6.45, 7) is 4.41. The molecule has 3 heterocycles. The number of hydrogen-bond acceptors (Lipinski definition) is 8. The lowest BCUT2D eigenvalue weighted by Gasteiger charge is -2.46. The average molecular weight is 628 g/mol. The van der Waals surface area contributed by atoms with Crippen LogP contribution in [0.2, 0.25) is 0 Å². The fourth-order valence-electron chi connectivity index (χ4n) is 6.41. The SMILES string of the molecule is CCc1nc(-c2ccc(NC(=O)N([C@@H]3CCC[N+](C)(Cc4ccc5c(c4)OCO5)C3)[C@@H](Cc3ccc(O)cc3)C(N)=O)cc2)no1. The number of rotatable bonds is 10. The highest BCUT2D eigenvalue weighted by Gasteiger charge is 2.41. The van der Waals surface area contributed by atoms with Crippen molar-refractivity contribution >= 4 is 17.6 Å². The predicted molar refractivity (Wildman–Crippen MR) is 170 cm³/mol. The van der Waals surface area contributed by atoms with E-state index >= 15 is 0 Å². The Bertz CT molecular complexity index is 1690. The number of nitrogens with two attached hydrogens (primary N) is 1. The van der Waals surface area contributed by atoms with Gasteiger partial charge >= 0.3 is 6.03 Å². The van der Waals surface area contributed by atoms with E-state index in [9.17, 15) is 14.7 Å². The number of aromatic hydroxyl groups is 1. The molecule has 3 aromatic carbocycles. The van der Waals surface area contributed by atoms with E-state index in [1.54, 1.807) is 41.3 Å². The predicted octanol–water partition coefficient (Wildman–Crippen LogP) is 4.47. The zero-order valence-electron chi connectivity index (χ0n) is 26.0. The van der Waals surface area contributed by atoms with Crippen molar-refractivity contribution in [2.75, 3.05) is 32.2 Å². The Balaban J connectivity index is 1.26. The number of phenols is 1. The molecule has 0 radical (unpaired) electrons. The van der Waals surface area contributed by atoms with Crippen molar-refractivity contribution < 1.29 is 33.2 Å². The number of anilines is 1. The van der Waals surface area contributed by atoms with Crippen LogP contribution in [0.1, 0.15) is 36.8 Å². The first-order valence-corrected chi connectivity index (χ1v) is 15.5. The summed E-state index contributed by atoms with van der Waals surface area (Å²) >= 11 is 0. The van der Waals surface area contributed by atoms with Gasteiger partial charge in [-0.3, -0.25) is 4.79 Å². The van der Waals surface area contributed by atoms with E-state index in [1.807, 2.05) is 37.3 Å². The van der Waals surface area contributed by atoms with Gasteiger partial charge in [0, 0.05) is 29.7 Å². The van der Waals surface area contributed by atoms with E-state index in [0.717, 1.165) is 54.1 Å². The molecule has 12 heteroatoms. The number of carbonyl (C=O) groups excluding carboxylic acids is 2. The maximum atomic E-state index is 14.2. The molecule has 46 heavy (non-hydrogen) atoms. The van der Waals surface area contributed by atoms with Crippen molar-refractivity contribution in [2.24, 2.45) is 5.73 Å². The molecule has 4 aromatic rings. The molecule has 0 spiro atoms. The molecule has 1 fully saturated rings. The zero-order chi connectivity index (χ0) is 32.3. The second kappa shape index (κ2) is 13.1. The number of likely N-dealkylation sites (N-methyl/N-ethyl adjacent to an activating group) is 1. The third-order valence-corrected chi connectivity index (χ3v) is 8.71. The first-order chi connectivity index (χ1) is 22.2. The number of quaternary nitrogens is 1. The molecule has 240 valence electrons. The van der Waals surface area contributed by atoms with E-state index < -0.39 is 18.0 Å². The summed E-state index contributed by atoms with van der Waals surface area (Å²) < 4.78 is 17.0. The van der Waals surface area contributed by atoms with E-state index in [0.29, 0.717) is 34.9 Å². The summed E-state index contributed by atoms with van der Waals surface area (Å²) in [7, 11) is 2.17. The van der Waals surface area contributed by atoms with Gasteiger partial charge in [-0.05, 0) is 73.0 Å². The zero-order valence-corrected chi connectivity index (χ0v) is 26.0. The van der Waals surface area contributed by atoms with Gasteiger partial charge in [-0.15, -0.1) is 0 Å². The Morgan fingerprint density at radius 1 is 1.07 bits per heavy atom. The second-order valence-electron chi connectivity index (χ2n) is 12.2. The Morgan fingerprint density at radius 3 is 2.52 bits per heavy atom. The van der Waals surface area contributed by atoms with E-state index in [2.05, 4.69) is 22.5 Å². The summed E-state index contributed by atoms with van der Waals surface area (Å²) in [5.41, 5.74) is 9.22. The number of benzene rings is 3. The van der Waals surface area contributed by atoms with Crippen molar-refractivity contribution in [3.05, 3.63) is 83.7 Å². The van der Waals surface area contributed by atoms with Crippen LogP contribution in [-0.2, 0) is 24.2 Å². The number of piperidine rings is 1. The van der Waals surface area contributed by atoms with Gasteiger partial charge in [-0.2, -0.15) is 4.98 Å². The van der Waals surface area contributed by atoms with Gasteiger partial charge in [-0.25, -0.2) is 4.79 Å². The number of fused-ring (bicyclic) bond motifs is 1. The smallest absolute Gasteiger partial charge is 0.323 e. The number of carbonyl (C=O) groups is 2. The number of nitrogens with one attached hydrogen (secondary N) is 1. The molecule has 6 rings (SSSR count). The molecular weight excluding hydrogens is 588 g/mol. The van der Waals surface area contributed by atoms with Gasteiger partial charge in [0.2, 0.25) is 24.4 Å². The molecule has 12 nitrogen and oxygen atoms in total. The number of primary amides is 1. The summed E-state index contributed by atoms with van der Waals surface area (Å²) in [6.07, 6.45) is 2.43. The number of hydrogen-bond donors (Lipinski definition) is 3. The molecule has 2 aliphatic heterocycles. The summed E-state index contributed by atoms with van der Waals surface area (Å²) in [5, 5.41) is 16.8. The van der Waals surface area contributed by atoms with Gasteiger partial charge in [0.05, 0.1) is 26.2 Å². The minimum absolute atomic E-state index is 0.119. The first-order valence-electron chi connectivity index (χ1n) is 15.5. The first kappa shape index (κ1) is 30.9. The number of aryl methyl sites for hydroxylation is 1. The van der Waals surface area contributed by atoms with Gasteiger partial charge in [0.15, 0.2) is 11.5 Å². The molecule has 0 bridgehead atoms. The lowest BCUT2D eigenvalue weighted by molar-refractivity contribution is -0.928. The third-order valence-electron chi connectivity index (χ3n) is 8.71. The molecule has 1 unspecified atom stereocenters. The van der Waals surface area contributed by atoms with Crippen LogP contribution in [0, 0.1) is 0 Å². The highest BCUT2D eigenvalue weighted by molar-refractivity contribution is 5.94. The quantitative estimate of drug-likeness (QED) is 0.218. The van der Waals surface area contributed by atoms with Crippen LogP contribution in [0.3, 0.4) is 0 Å². The topological polar surface area (TPSA) is 153 Å². The van der Waals surface area contributed by atoms with E-state index in [4.69, 9.17) is 19.7 Å². The summed E-state index contributed by atoms with van der Waals surface area (Å²) in [4.78, 5) is 33.3. The maximum Gasteiger partial charge on any atom is 0.323 e. The standard InChI is InChI=1S/C34H38N6O6/c1-3-31-37-33(38-46-31)24-9-11-25(12-10-24)36-34(43)39(28(32(35)42)17-22-6-13-27(41)14-7-22)26-5-4-16-40(2,20-26)19-23-8-15-29-30(18-23)45-21-44-29/h6-15,18,26,28H,3-5,16-17,19-21H2,1-2H3,(H3-,35,36,38,41,42,43)/p+1/t26-,28+,40?/m1/s1. The van der Waals surface area contributed by atoms with Gasteiger partial charge in [0.1, 0.15) is 18.3 Å². The molecule has 3 atom stereocenters. The Labute approximate surface area is 267 Å². The molecule has 1 aromatic heterocycles. The number of urea groups is 1. The molecule has 2 aliphatic rings. The van der Waals surface area contributed by atoms with Gasteiger partial charge < -0.3 is 39.5 Å². The molecule has 1 saturated heterocycles. The molecule has 0 saturated carbocycles. The molecule has 0 aliphatic carbocycles. The number of aromatic nitrogens is 2. The van der Waals surface area contributed by atoms with Gasteiger partial charge in [0.25, 0.3) is 0 Å². The highest BCUT2D eigenvalue weighted by Crippen LogP contribution is 2.34. The maximum absolute atomic E-state index is 14.2. The van der Waals surface area contributed by atoms with Crippen molar-refractivity contribution in [3.8, 4) is 28.6 Å². The van der Waals surface area contributed by atoms with Gasteiger partial charge in [-0.1, -0.05) is 24.2 Å². The van der Waals surface area contributed by atoms with Crippen LogP contribution >= 0.6 is 0 Å². The highest BCUT2D eigenvalue weighted by atomic mass is 16.7. The van der Waals surface area contributed by atoms with Crippen molar-refractivity contribution in [1.29, 1.82) is 0 Å². The van der Waals surface area contributed by atoms with Crippen LogP contribution in [0.25, 0.3) is 11.4 Å². The molecular formula is C34H39N6O6+. The van der Waals surface area contributed by atoms with E-state index in [-0.39, 0.29) is 25.0 Å². The van der Waals surface area contributed by atoms with Crippen LogP contribution in [0.4, 0.5) is 10.5 Å². The van der Waals surface area contributed by atoms with Crippen LogP contribution in [0.5, 0.6) is 17.2 Å². The Morgan fingerprint density at radius 2 is 1.80 bits per heavy atom. The van der Waals surface area contributed by atoms with Crippen LogP contribution in [-0.4, -0.2) is 75.6 Å². The largest absolute Gasteiger partial charge is 0.508 e. The second-order valence-corrected chi connectivity index (χ2v) is 12.2. The van der Waals surface area contributed by atoms with E-state index in [1.165, 1.54) is 0 Å². The monoisotopic (exact) mass is 627 g/mol.